The molecule has 1 aromatic heterocycles. The van der Waals surface area contributed by atoms with E-state index in [9.17, 15) is 9.59 Å². The zero-order valence-electron chi connectivity index (χ0n) is 22.3. The molecule has 0 saturated carbocycles. The molecular formula is C31H36N4O3. The monoisotopic (exact) mass is 512 g/mol. The Morgan fingerprint density at radius 2 is 1.66 bits per heavy atom. The second kappa shape index (κ2) is 11.8. The van der Waals surface area contributed by atoms with Crippen LogP contribution in [0.1, 0.15) is 42.9 Å². The van der Waals surface area contributed by atoms with Crippen LogP contribution in [0.4, 0.5) is 5.69 Å². The van der Waals surface area contributed by atoms with Crippen molar-refractivity contribution in [1.29, 1.82) is 0 Å². The summed E-state index contributed by atoms with van der Waals surface area (Å²) in [4.78, 5) is 37.3. The lowest BCUT2D eigenvalue weighted by Gasteiger charge is -2.34. The summed E-state index contributed by atoms with van der Waals surface area (Å²) < 4.78 is 5.28. The maximum absolute atomic E-state index is 13.8. The number of anilines is 1. The maximum atomic E-state index is 13.8. The number of para-hydroxylation sites is 1. The zero-order chi connectivity index (χ0) is 26.5. The molecule has 2 unspecified atom stereocenters. The van der Waals surface area contributed by atoms with Gasteiger partial charge >= 0.3 is 0 Å². The summed E-state index contributed by atoms with van der Waals surface area (Å²) >= 11 is 0. The van der Waals surface area contributed by atoms with Gasteiger partial charge in [0.25, 0.3) is 0 Å². The standard InChI is InChI=1S/C31H36N4O3/c1-23(36)34-18-15-27-9-10-28(35(27)20-25-13-16-32-17-14-25)22-33(21-26-5-3-4-6-30(26)34)31(37)19-24-7-11-29(38-2)12-8-24/h3-8,11-14,16-17,27-28H,9-10,15,18-22H2,1-2H3. The lowest BCUT2D eigenvalue weighted by atomic mass is 10.1. The molecule has 2 aliphatic rings. The first-order valence-electron chi connectivity index (χ1n) is 13.4. The Labute approximate surface area is 225 Å². The molecule has 3 aromatic rings. The Hall–Kier alpha value is -3.71. The van der Waals surface area contributed by atoms with E-state index in [0.717, 1.165) is 48.4 Å². The number of benzene rings is 2. The van der Waals surface area contributed by atoms with E-state index in [1.165, 1.54) is 5.56 Å². The van der Waals surface area contributed by atoms with Crippen LogP contribution in [0.3, 0.4) is 0 Å². The van der Waals surface area contributed by atoms with Gasteiger partial charge in [-0.1, -0.05) is 30.3 Å². The van der Waals surface area contributed by atoms with Crippen LogP contribution < -0.4 is 9.64 Å². The number of carbonyl (C=O) groups is 2. The third-order valence-corrected chi connectivity index (χ3v) is 7.89. The third-order valence-electron chi connectivity index (χ3n) is 7.89. The molecule has 0 aliphatic carbocycles. The van der Waals surface area contributed by atoms with Crippen molar-refractivity contribution in [3.8, 4) is 5.75 Å². The highest BCUT2D eigenvalue weighted by molar-refractivity contribution is 5.92. The number of aromatic nitrogens is 1. The van der Waals surface area contributed by atoms with E-state index in [1.54, 1.807) is 14.0 Å². The Morgan fingerprint density at radius 1 is 0.921 bits per heavy atom. The maximum Gasteiger partial charge on any atom is 0.227 e. The van der Waals surface area contributed by atoms with Crippen molar-refractivity contribution in [3.63, 3.8) is 0 Å². The molecule has 5 rings (SSSR count). The number of methoxy groups -OCH3 is 1. The second-order valence-electron chi connectivity index (χ2n) is 10.3. The smallest absolute Gasteiger partial charge is 0.227 e. The molecule has 3 heterocycles. The van der Waals surface area contributed by atoms with Crippen LogP contribution in [0.5, 0.6) is 5.75 Å². The number of ether oxygens (including phenoxy) is 1. The van der Waals surface area contributed by atoms with Crippen molar-refractivity contribution in [3.05, 3.63) is 89.7 Å². The van der Waals surface area contributed by atoms with Gasteiger partial charge in [0, 0.05) is 63.3 Å². The fourth-order valence-electron chi connectivity index (χ4n) is 5.86. The fourth-order valence-corrected chi connectivity index (χ4v) is 5.86. The third kappa shape index (κ3) is 5.89. The van der Waals surface area contributed by atoms with Gasteiger partial charge in [-0.25, -0.2) is 0 Å². The minimum absolute atomic E-state index is 0.0306. The van der Waals surface area contributed by atoms with Gasteiger partial charge in [-0.05, 0) is 66.3 Å². The van der Waals surface area contributed by atoms with E-state index in [0.29, 0.717) is 32.1 Å². The minimum atomic E-state index is 0.0306. The van der Waals surface area contributed by atoms with Crippen molar-refractivity contribution in [1.82, 2.24) is 14.8 Å². The van der Waals surface area contributed by atoms with Gasteiger partial charge in [0.1, 0.15) is 5.75 Å². The Morgan fingerprint density at radius 3 is 2.39 bits per heavy atom. The first-order valence-corrected chi connectivity index (χ1v) is 13.4. The average molecular weight is 513 g/mol. The lowest BCUT2D eigenvalue weighted by Crippen LogP contribution is -2.45. The molecule has 1 fully saturated rings. The predicted octanol–water partition coefficient (Wildman–Crippen LogP) is 4.45. The second-order valence-corrected chi connectivity index (χ2v) is 10.3. The van der Waals surface area contributed by atoms with Gasteiger partial charge < -0.3 is 14.5 Å². The Balaban J connectivity index is 1.48. The van der Waals surface area contributed by atoms with Crippen molar-refractivity contribution in [2.45, 2.75) is 57.8 Å². The normalized spacial score (nSPS) is 19.9. The van der Waals surface area contributed by atoms with Gasteiger partial charge in [0.15, 0.2) is 0 Å². The highest BCUT2D eigenvalue weighted by Crippen LogP contribution is 2.32. The molecule has 2 atom stereocenters. The first-order chi connectivity index (χ1) is 18.5. The Kier molecular flexibility index (Phi) is 8.03. The van der Waals surface area contributed by atoms with E-state index >= 15 is 0 Å². The number of hydrogen-bond acceptors (Lipinski definition) is 5. The molecule has 7 nitrogen and oxygen atoms in total. The fraction of sp³-hybridized carbons (Fsp3) is 0.387. The first kappa shape index (κ1) is 25.9. The molecule has 7 heteroatoms. The van der Waals surface area contributed by atoms with E-state index < -0.39 is 0 Å². The number of fused-ring (bicyclic) bond motifs is 3. The van der Waals surface area contributed by atoms with Crippen LogP contribution in [-0.4, -0.2) is 58.9 Å². The summed E-state index contributed by atoms with van der Waals surface area (Å²) in [6.45, 7) is 4.24. The van der Waals surface area contributed by atoms with Crippen LogP contribution >= 0.6 is 0 Å². The summed E-state index contributed by atoms with van der Waals surface area (Å²) in [7, 11) is 1.64. The van der Waals surface area contributed by atoms with Gasteiger partial charge in [0.05, 0.1) is 13.5 Å². The van der Waals surface area contributed by atoms with Gasteiger partial charge in [-0.3, -0.25) is 19.5 Å². The Bertz CT molecular complexity index is 1250. The molecule has 2 aromatic carbocycles. The van der Waals surface area contributed by atoms with Crippen molar-refractivity contribution < 1.29 is 14.3 Å². The van der Waals surface area contributed by atoms with Crippen LogP contribution in [-0.2, 0) is 29.1 Å². The number of pyridine rings is 1. The molecule has 0 radical (unpaired) electrons. The highest BCUT2D eigenvalue weighted by Gasteiger charge is 2.36. The number of rotatable bonds is 5. The van der Waals surface area contributed by atoms with Crippen LogP contribution in [0.25, 0.3) is 0 Å². The van der Waals surface area contributed by atoms with E-state index in [1.807, 2.05) is 70.7 Å². The predicted molar refractivity (Wildman–Crippen MR) is 148 cm³/mol. The minimum Gasteiger partial charge on any atom is -0.497 e. The van der Waals surface area contributed by atoms with Gasteiger partial charge in [0.2, 0.25) is 11.8 Å². The van der Waals surface area contributed by atoms with Crippen molar-refractivity contribution >= 4 is 17.5 Å². The van der Waals surface area contributed by atoms with Crippen LogP contribution in [0.15, 0.2) is 73.1 Å². The van der Waals surface area contributed by atoms with E-state index in [4.69, 9.17) is 4.74 Å². The molecule has 0 spiro atoms. The number of amides is 2. The summed E-state index contributed by atoms with van der Waals surface area (Å²) in [5.74, 6) is 0.896. The van der Waals surface area contributed by atoms with E-state index in [-0.39, 0.29) is 17.9 Å². The lowest BCUT2D eigenvalue weighted by molar-refractivity contribution is -0.132. The molecule has 2 bridgehead atoms. The largest absolute Gasteiger partial charge is 0.497 e. The number of hydrogen-bond donors (Lipinski definition) is 0. The summed E-state index contributed by atoms with van der Waals surface area (Å²) in [5, 5.41) is 0. The summed E-state index contributed by atoms with van der Waals surface area (Å²) in [5.41, 5.74) is 4.08. The van der Waals surface area contributed by atoms with E-state index in [2.05, 4.69) is 22.0 Å². The number of carbonyl (C=O) groups excluding carboxylic acids is 2. The molecule has 198 valence electrons. The molecule has 0 N–H and O–H groups in total. The topological polar surface area (TPSA) is 66.0 Å². The quantitative estimate of drug-likeness (QED) is 0.505. The number of nitrogens with zero attached hydrogens (tertiary/aromatic N) is 4. The van der Waals surface area contributed by atoms with Gasteiger partial charge in [-0.2, -0.15) is 0 Å². The van der Waals surface area contributed by atoms with Crippen molar-refractivity contribution in [2.24, 2.45) is 0 Å². The molecular weight excluding hydrogens is 476 g/mol. The van der Waals surface area contributed by atoms with Gasteiger partial charge in [-0.15, -0.1) is 0 Å². The molecule has 2 amide bonds. The van der Waals surface area contributed by atoms with Crippen LogP contribution in [0, 0.1) is 0 Å². The molecule has 38 heavy (non-hydrogen) atoms. The SMILES string of the molecule is COc1ccc(CC(=O)N2Cc3ccccc3N(C(C)=O)CCC3CCC(C2)N3Cc2ccncc2)cc1. The molecule has 1 saturated heterocycles. The average Bonchev–Trinajstić information content (AvgIpc) is 3.29. The summed E-state index contributed by atoms with van der Waals surface area (Å²) in [6.07, 6.45) is 6.98. The van der Waals surface area contributed by atoms with Crippen molar-refractivity contribution in [2.75, 3.05) is 25.1 Å². The summed E-state index contributed by atoms with van der Waals surface area (Å²) in [6, 6.07) is 20.4. The highest BCUT2D eigenvalue weighted by atomic mass is 16.5. The zero-order valence-corrected chi connectivity index (χ0v) is 22.3. The molecule has 2 aliphatic heterocycles. The van der Waals surface area contributed by atoms with Crippen LogP contribution in [0.2, 0.25) is 0 Å².